The van der Waals surface area contributed by atoms with Gasteiger partial charge < -0.3 is 24.6 Å². The molecule has 1 atom stereocenters. The van der Waals surface area contributed by atoms with Crippen molar-refractivity contribution in [2.45, 2.75) is 33.2 Å². The van der Waals surface area contributed by atoms with Crippen LogP contribution in [0.2, 0.25) is 0 Å². The minimum atomic E-state index is -0.814. The molecule has 2 aromatic carbocycles. The van der Waals surface area contributed by atoms with E-state index in [1.165, 1.54) is 17.0 Å². The summed E-state index contributed by atoms with van der Waals surface area (Å²) in [6.45, 7) is 7.24. The van der Waals surface area contributed by atoms with E-state index in [1.54, 1.807) is 37.4 Å². The van der Waals surface area contributed by atoms with E-state index >= 15 is 0 Å². The number of methoxy groups -OCH3 is 1. The summed E-state index contributed by atoms with van der Waals surface area (Å²) in [4.78, 5) is 27.4. The molecule has 0 aliphatic carbocycles. The summed E-state index contributed by atoms with van der Waals surface area (Å²) in [5.41, 5.74) is 1.77. The number of hydrogen-bond acceptors (Lipinski definition) is 6. The fourth-order valence-corrected chi connectivity index (χ4v) is 3.90. The molecule has 1 heterocycles. The third-order valence-electron chi connectivity index (χ3n) is 5.49. The molecular weight excluding hydrogens is 422 g/mol. The number of hydrogen-bond donors (Lipinski definition) is 2. The molecule has 33 heavy (non-hydrogen) atoms. The lowest BCUT2D eigenvalue weighted by atomic mass is 9.94. The molecule has 1 aliphatic heterocycles. The predicted molar refractivity (Wildman–Crippen MR) is 125 cm³/mol. The van der Waals surface area contributed by atoms with Crippen LogP contribution < -0.4 is 4.74 Å². The Labute approximate surface area is 194 Å². The summed E-state index contributed by atoms with van der Waals surface area (Å²) in [6, 6.07) is 10.7. The quantitative estimate of drug-likeness (QED) is 0.256. The summed E-state index contributed by atoms with van der Waals surface area (Å²) >= 11 is 0. The van der Waals surface area contributed by atoms with Gasteiger partial charge in [-0.2, -0.15) is 0 Å². The number of amides is 1. The summed E-state index contributed by atoms with van der Waals surface area (Å²) in [6.07, 6.45) is 0.528. The van der Waals surface area contributed by atoms with Crippen molar-refractivity contribution in [3.63, 3.8) is 0 Å². The maximum Gasteiger partial charge on any atom is 0.295 e. The van der Waals surface area contributed by atoms with Gasteiger partial charge in [-0.05, 0) is 60.7 Å². The molecule has 2 N–H and O–H groups in total. The van der Waals surface area contributed by atoms with E-state index in [4.69, 9.17) is 9.47 Å². The number of benzene rings is 2. The highest BCUT2D eigenvalue weighted by Gasteiger charge is 2.45. The smallest absolute Gasteiger partial charge is 0.295 e. The number of phenols is 1. The van der Waals surface area contributed by atoms with Crippen molar-refractivity contribution in [2.24, 2.45) is 5.92 Å². The molecule has 3 rings (SSSR count). The maximum absolute atomic E-state index is 13.0. The van der Waals surface area contributed by atoms with Gasteiger partial charge in [-0.15, -0.1) is 0 Å². The van der Waals surface area contributed by atoms with Crippen LogP contribution in [0.25, 0.3) is 5.76 Å². The van der Waals surface area contributed by atoms with Crippen LogP contribution in [0.4, 0.5) is 0 Å². The lowest BCUT2D eigenvalue weighted by molar-refractivity contribution is -0.140. The van der Waals surface area contributed by atoms with Crippen molar-refractivity contribution in [3.05, 3.63) is 64.7 Å². The third-order valence-corrected chi connectivity index (χ3v) is 5.49. The van der Waals surface area contributed by atoms with E-state index in [-0.39, 0.29) is 23.6 Å². The monoisotopic (exact) mass is 453 g/mol. The Kier molecular flexibility index (Phi) is 7.76. The average molecular weight is 454 g/mol. The van der Waals surface area contributed by atoms with Gasteiger partial charge in [-0.1, -0.05) is 26.0 Å². The Morgan fingerprint density at radius 1 is 1.15 bits per heavy atom. The maximum atomic E-state index is 13.0. The second kappa shape index (κ2) is 10.5. The van der Waals surface area contributed by atoms with Gasteiger partial charge in [0.05, 0.1) is 18.2 Å². The van der Waals surface area contributed by atoms with Crippen molar-refractivity contribution in [1.82, 2.24) is 4.90 Å². The average Bonchev–Trinajstić information content (AvgIpc) is 3.03. The zero-order valence-electron chi connectivity index (χ0n) is 19.5. The van der Waals surface area contributed by atoms with Crippen molar-refractivity contribution < 1.29 is 29.3 Å². The van der Waals surface area contributed by atoms with Gasteiger partial charge in [-0.25, -0.2) is 0 Å². The molecule has 0 radical (unpaired) electrons. The van der Waals surface area contributed by atoms with Crippen LogP contribution >= 0.6 is 0 Å². The van der Waals surface area contributed by atoms with Crippen LogP contribution in [0.15, 0.2) is 48.0 Å². The number of aliphatic hydroxyl groups is 1. The van der Waals surface area contributed by atoms with Crippen molar-refractivity contribution in [3.8, 4) is 11.5 Å². The van der Waals surface area contributed by atoms with Crippen LogP contribution in [0.5, 0.6) is 11.5 Å². The number of ether oxygens (including phenoxy) is 2. The molecule has 0 bridgehead atoms. The Bertz CT molecular complexity index is 1060. The van der Waals surface area contributed by atoms with Gasteiger partial charge in [0.1, 0.15) is 17.3 Å². The molecule has 1 unspecified atom stereocenters. The van der Waals surface area contributed by atoms with Crippen molar-refractivity contribution in [1.29, 1.82) is 0 Å². The summed E-state index contributed by atoms with van der Waals surface area (Å²) < 4.78 is 10.9. The van der Waals surface area contributed by atoms with Crippen molar-refractivity contribution >= 4 is 17.4 Å². The van der Waals surface area contributed by atoms with E-state index in [2.05, 4.69) is 13.8 Å². The van der Waals surface area contributed by atoms with Gasteiger partial charge >= 0.3 is 0 Å². The van der Waals surface area contributed by atoms with Crippen LogP contribution in [-0.4, -0.2) is 53.7 Å². The third kappa shape index (κ3) is 5.37. The topological polar surface area (TPSA) is 96.3 Å². The Hall–Kier alpha value is -3.32. The van der Waals surface area contributed by atoms with Gasteiger partial charge in [0.15, 0.2) is 0 Å². The molecule has 1 fully saturated rings. The largest absolute Gasteiger partial charge is 0.508 e. The molecular formula is C26H31NO6. The number of aryl methyl sites for hydroxylation is 1. The molecule has 2 aromatic rings. The van der Waals surface area contributed by atoms with Gasteiger partial charge in [0, 0.05) is 25.8 Å². The second-order valence-corrected chi connectivity index (χ2v) is 8.62. The number of carbonyl (C=O) groups is 2. The first-order valence-electron chi connectivity index (χ1n) is 11.0. The van der Waals surface area contributed by atoms with Crippen molar-refractivity contribution in [2.75, 3.05) is 26.9 Å². The minimum absolute atomic E-state index is 0.00161. The number of Topliss-reactive ketones (excluding diaryl/α,β-unsaturated/α-hetero) is 1. The molecule has 1 aliphatic rings. The van der Waals surface area contributed by atoms with Gasteiger partial charge in [0.25, 0.3) is 11.7 Å². The number of nitrogens with zero attached hydrogens (tertiary/aromatic N) is 1. The van der Waals surface area contributed by atoms with Crippen LogP contribution in [-0.2, 0) is 14.3 Å². The highest BCUT2D eigenvalue weighted by molar-refractivity contribution is 6.46. The number of rotatable bonds is 9. The number of carbonyl (C=O) groups excluding carboxylic acids is 2. The summed E-state index contributed by atoms with van der Waals surface area (Å²) in [5.74, 6) is -0.615. The molecule has 1 amide bonds. The first-order chi connectivity index (χ1) is 15.7. The molecule has 0 aromatic heterocycles. The summed E-state index contributed by atoms with van der Waals surface area (Å²) in [5, 5.41) is 21.2. The predicted octanol–water partition coefficient (Wildman–Crippen LogP) is 4.19. The van der Waals surface area contributed by atoms with E-state index in [1.807, 2.05) is 6.92 Å². The van der Waals surface area contributed by atoms with E-state index in [0.29, 0.717) is 42.4 Å². The molecule has 176 valence electrons. The van der Waals surface area contributed by atoms with Crippen LogP contribution in [0.3, 0.4) is 0 Å². The molecule has 0 spiro atoms. The zero-order chi connectivity index (χ0) is 24.1. The Balaban J connectivity index is 2.06. The highest BCUT2D eigenvalue weighted by Crippen LogP contribution is 2.40. The number of aliphatic hydroxyl groups excluding tert-OH is 1. The summed E-state index contributed by atoms with van der Waals surface area (Å²) in [7, 11) is 1.57. The lowest BCUT2D eigenvalue weighted by Crippen LogP contribution is -2.31. The van der Waals surface area contributed by atoms with Gasteiger partial charge in [-0.3, -0.25) is 9.59 Å². The number of phenolic OH excluding ortho intramolecular Hbond substituents is 1. The first kappa shape index (κ1) is 24.3. The highest BCUT2D eigenvalue weighted by atomic mass is 16.5. The first-order valence-corrected chi connectivity index (χ1v) is 11.0. The zero-order valence-corrected chi connectivity index (χ0v) is 19.5. The van der Waals surface area contributed by atoms with E-state index in [0.717, 1.165) is 5.56 Å². The lowest BCUT2D eigenvalue weighted by Gasteiger charge is -2.25. The molecule has 0 saturated carbocycles. The molecule has 7 heteroatoms. The van der Waals surface area contributed by atoms with Crippen LogP contribution in [0.1, 0.15) is 43.0 Å². The normalized spacial score (nSPS) is 17.7. The Morgan fingerprint density at radius 3 is 2.55 bits per heavy atom. The van der Waals surface area contributed by atoms with E-state index < -0.39 is 17.7 Å². The SMILES string of the molecule is COCCCN1C(=O)C(=O)/C(=C(\O)c2ccc(OCC(C)C)c(C)c2)C1c1cccc(O)c1. The van der Waals surface area contributed by atoms with Gasteiger partial charge in [0.2, 0.25) is 0 Å². The molecule has 1 saturated heterocycles. The minimum Gasteiger partial charge on any atom is -0.508 e. The Morgan fingerprint density at radius 2 is 1.91 bits per heavy atom. The number of likely N-dealkylation sites (tertiary alicyclic amines) is 1. The fourth-order valence-electron chi connectivity index (χ4n) is 3.90. The molecule has 7 nitrogen and oxygen atoms in total. The number of aromatic hydroxyl groups is 1. The standard InChI is InChI=1S/C26H31NO6/c1-16(2)15-33-21-10-9-19(13-17(21)3)24(29)22-23(18-7-5-8-20(28)14-18)27(11-6-12-32-4)26(31)25(22)30/h5,7-10,13-14,16,23,28-29H,6,11-12,15H2,1-4H3/b24-22-. The fraction of sp³-hybridized carbons (Fsp3) is 0.385. The second-order valence-electron chi connectivity index (χ2n) is 8.62. The number of ketones is 1. The van der Waals surface area contributed by atoms with Crippen LogP contribution in [0, 0.1) is 12.8 Å². The van der Waals surface area contributed by atoms with E-state index in [9.17, 15) is 19.8 Å².